The lowest BCUT2D eigenvalue weighted by Crippen LogP contribution is -2.26. The lowest BCUT2D eigenvalue weighted by Gasteiger charge is -2.28. The van der Waals surface area contributed by atoms with Gasteiger partial charge in [0.1, 0.15) is 0 Å². The van der Waals surface area contributed by atoms with E-state index in [0.29, 0.717) is 6.10 Å². The van der Waals surface area contributed by atoms with Crippen molar-refractivity contribution in [1.29, 1.82) is 0 Å². The van der Waals surface area contributed by atoms with E-state index in [4.69, 9.17) is 4.74 Å². The number of rotatable bonds is 4. The molecule has 1 fully saturated rings. The van der Waals surface area contributed by atoms with Gasteiger partial charge in [-0.15, -0.1) is 0 Å². The van der Waals surface area contributed by atoms with E-state index in [1.165, 1.54) is 37.2 Å². The van der Waals surface area contributed by atoms with Crippen molar-refractivity contribution in [1.82, 2.24) is 0 Å². The molecule has 0 saturated carbocycles. The Kier molecular flexibility index (Phi) is 5.08. The standard InChI is InChI=1S/C10H20OS/c1-3-4-10(11-2)9-5-7-12-8-6-9/h9-10H,3-8H2,1-2H3. The van der Waals surface area contributed by atoms with Crippen LogP contribution in [0.2, 0.25) is 0 Å². The summed E-state index contributed by atoms with van der Waals surface area (Å²) in [6, 6.07) is 0. The fourth-order valence-electron chi connectivity index (χ4n) is 1.92. The van der Waals surface area contributed by atoms with Crippen LogP contribution in [-0.4, -0.2) is 24.7 Å². The number of hydrogen-bond donors (Lipinski definition) is 0. The van der Waals surface area contributed by atoms with Crippen LogP contribution in [0.4, 0.5) is 0 Å². The molecule has 1 aliphatic heterocycles. The van der Waals surface area contributed by atoms with Crippen molar-refractivity contribution in [2.45, 2.75) is 38.7 Å². The number of ether oxygens (including phenoxy) is 1. The van der Waals surface area contributed by atoms with Gasteiger partial charge in [0.2, 0.25) is 0 Å². The Morgan fingerprint density at radius 2 is 2.08 bits per heavy atom. The molecule has 2 heteroatoms. The molecule has 1 saturated heterocycles. The van der Waals surface area contributed by atoms with E-state index < -0.39 is 0 Å². The molecule has 0 spiro atoms. The van der Waals surface area contributed by atoms with Crippen molar-refractivity contribution < 1.29 is 4.74 Å². The summed E-state index contributed by atoms with van der Waals surface area (Å²) in [6.45, 7) is 2.24. The predicted octanol–water partition coefficient (Wildman–Crippen LogP) is 2.94. The quantitative estimate of drug-likeness (QED) is 0.671. The fourth-order valence-corrected chi connectivity index (χ4v) is 3.06. The summed E-state index contributed by atoms with van der Waals surface area (Å²) in [5, 5.41) is 0. The summed E-state index contributed by atoms with van der Waals surface area (Å²) in [5.74, 6) is 3.53. The van der Waals surface area contributed by atoms with E-state index in [-0.39, 0.29) is 0 Å². The van der Waals surface area contributed by atoms with E-state index >= 15 is 0 Å². The van der Waals surface area contributed by atoms with E-state index in [1.54, 1.807) is 0 Å². The van der Waals surface area contributed by atoms with Crippen LogP contribution in [0.25, 0.3) is 0 Å². The number of thioether (sulfide) groups is 1. The highest BCUT2D eigenvalue weighted by Crippen LogP contribution is 2.28. The average Bonchev–Trinajstić information content (AvgIpc) is 2.15. The fraction of sp³-hybridized carbons (Fsp3) is 1.00. The largest absolute Gasteiger partial charge is 0.381 e. The van der Waals surface area contributed by atoms with Gasteiger partial charge in [-0.1, -0.05) is 13.3 Å². The Bertz CT molecular complexity index is 108. The lowest BCUT2D eigenvalue weighted by molar-refractivity contribution is 0.0414. The molecular weight excluding hydrogens is 168 g/mol. The Morgan fingerprint density at radius 3 is 2.58 bits per heavy atom. The number of methoxy groups -OCH3 is 1. The second-order valence-corrected chi connectivity index (χ2v) is 4.74. The van der Waals surface area contributed by atoms with Gasteiger partial charge in [0.15, 0.2) is 0 Å². The zero-order valence-electron chi connectivity index (χ0n) is 8.21. The second-order valence-electron chi connectivity index (χ2n) is 3.51. The third-order valence-electron chi connectivity index (χ3n) is 2.67. The van der Waals surface area contributed by atoms with Crippen LogP contribution < -0.4 is 0 Å². The molecule has 0 aromatic rings. The van der Waals surface area contributed by atoms with Gasteiger partial charge in [-0.25, -0.2) is 0 Å². The van der Waals surface area contributed by atoms with Gasteiger partial charge in [-0.2, -0.15) is 11.8 Å². The van der Waals surface area contributed by atoms with E-state index in [2.05, 4.69) is 18.7 Å². The van der Waals surface area contributed by atoms with Gasteiger partial charge in [0.25, 0.3) is 0 Å². The summed E-state index contributed by atoms with van der Waals surface area (Å²) in [7, 11) is 1.86. The first kappa shape index (κ1) is 10.4. The van der Waals surface area contributed by atoms with Crippen molar-refractivity contribution >= 4 is 11.8 Å². The van der Waals surface area contributed by atoms with Crippen molar-refractivity contribution in [2.24, 2.45) is 5.92 Å². The molecule has 0 aromatic carbocycles. The zero-order valence-corrected chi connectivity index (χ0v) is 9.03. The summed E-state index contributed by atoms with van der Waals surface area (Å²) < 4.78 is 5.52. The molecule has 1 unspecified atom stereocenters. The lowest BCUT2D eigenvalue weighted by atomic mass is 9.93. The van der Waals surface area contributed by atoms with Crippen molar-refractivity contribution in [2.75, 3.05) is 18.6 Å². The van der Waals surface area contributed by atoms with Crippen LogP contribution in [0, 0.1) is 5.92 Å². The molecule has 1 atom stereocenters. The highest BCUT2D eigenvalue weighted by Gasteiger charge is 2.22. The van der Waals surface area contributed by atoms with Gasteiger partial charge >= 0.3 is 0 Å². The van der Waals surface area contributed by atoms with Gasteiger partial charge < -0.3 is 4.74 Å². The molecule has 0 bridgehead atoms. The third-order valence-corrected chi connectivity index (χ3v) is 3.72. The summed E-state index contributed by atoms with van der Waals surface area (Å²) >= 11 is 2.09. The molecule has 1 heterocycles. The summed E-state index contributed by atoms with van der Waals surface area (Å²) in [5.41, 5.74) is 0. The molecular formula is C10H20OS. The SMILES string of the molecule is CCCC(OC)C1CCSCC1. The maximum atomic E-state index is 5.52. The number of hydrogen-bond acceptors (Lipinski definition) is 2. The molecule has 0 aliphatic carbocycles. The average molecular weight is 188 g/mol. The second kappa shape index (κ2) is 5.87. The Balaban J connectivity index is 2.29. The third kappa shape index (κ3) is 2.98. The molecule has 12 heavy (non-hydrogen) atoms. The zero-order chi connectivity index (χ0) is 8.81. The van der Waals surface area contributed by atoms with Crippen LogP contribution >= 0.6 is 11.8 Å². The van der Waals surface area contributed by atoms with E-state index in [0.717, 1.165) is 5.92 Å². The Morgan fingerprint density at radius 1 is 1.42 bits per heavy atom. The smallest absolute Gasteiger partial charge is 0.0600 e. The molecule has 0 aromatic heterocycles. The molecule has 0 radical (unpaired) electrons. The first-order valence-corrected chi connectivity index (χ1v) is 6.14. The summed E-state index contributed by atoms with van der Waals surface area (Å²) in [6.07, 6.45) is 5.76. The molecule has 0 amide bonds. The Labute approximate surface area is 80.3 Å². The molecule has 0 N–H and O–H groups in total. The van der Waals surface area contributed by atoms with Crippen molar-refractivity contribution in [3.05, 3.63) is 0 Å². The van der Waals surface area contributed by atoms with E-state index in [1.807, 2.05) is 7.11 Å². The van der Waals surface area contributed by atoms with Crippen LogP contribution in [0.3, 0.4) is 0 Å². The minimum atomic E-state index is 0.538. The Hall–Kier alpha value is 0.310. The van der Waals surface area contributed by atoms with Gasteiger partial charge in [0, 0.05) is 7.11 Å². The highest BCUT2D eigenvalue weighted by molar-refractivity contribution is 7.99. The monoisotopic (exact) mass is 188 g/mol. The molecule has 1 aliphatic rings. The van der Waals surface area contributed by atoms with Gasteiger partial charge in [-0.05, 0) is 36.7 Å². The van der Waals surface area contributed by atoms with Gasteiger partial charge in [-0.3, -0.25) is 0 Å². The highest BCUT2D eigenvalue weighted by atomic mass is 32.2. The molecule has 1 nitrogen and oxygen atoms in total. The first-order chi connectivity index (χ1) is 5.88. The van der Waals surface area contributed by atoms with Crippen molar-refractivity contribution in [3.8, 4) is 0 Å². The maximum absolute atomic E-state index is 5.52. The summed E-state index contributed by atoms with van der Waals surface area (Å²) in [4.78, 5) is 0. The normalized spacial score (nSPS) is 22.5. The molecule has 72 valence electrons. The van der Waals surface area contributed by atoms with Crippen LogP contribution in [0.5, 0.6) is 0 Å². The minimum Gasteiger partial charge on any atom is -0.381 e. The van der Waals surface area contributed by atoms with Gasteiger partial charge in [0.05, 0.1) is 6.10 Å². The first-order valence-electron chi connectivity index (χ1n) is 4.99. The van der Waals surface area contributed by atoms with Crippen LogP contribution in [-0.2, 0) is 4.74 Å². The van der Waals surface area contributed by atoms with Crippen LogP contribution in [0.15, 0.2) is 0 Å². The topological polar surface area (TPSA) is 9.23 Å². The predicted molar refractivity (Wildman–Crippen MR) is 55.8 cm³/mol. The van der Waals surface area contributed by atoms with Crippen LogP contribution in [0.1, 0.15) is 32.6 Å². The molecule has 1 rings (SSSR count). The van der Waals surface area contributed by atoms with Crippen molar-refractivity contribution in [3.63, 3.8) is 0 Å². The minimum absolute atomic E-state index is 0.538. The van der Waals surface area contributed by atoms with E-state index in [9.17, 15) is 0 Å². The maximum Gasteiger partial charge on any atom is 0.0600 e.